The lowest BCUT2D eigenvalue weighted by Gasteiger charge is -2.20. The Labute approximate surface area is 112 Å². The van der Waals surface area contributed by atoms with Crippen LogP contribution in [-0.4, -0.2) is 23.8 Å². The Balaban J connectivity index is 2.32. The van der Waals surface area contributed by atoms with Gasteiger partial charge in [0, 0.05) is 13.7 Å². The summed E-state index contributed by atoms with van der Waals surface area (Å²) in [6.07, 6.45) is -0.354. The molecule has 5 nitrogen and oxygen atoms in total. The van der Waals surface area contributed by atoms with Crippen molar-refractivity contribution in [1.82, 2.24) is 10.1 Å². The van der Waals surface area contributed by atoms with Crippen molar-refractivity contribution in [3.05, 3.63) is 47.6 Å². The normalized spacial score (nSPS) is 13.5. The highest BCUT2D eigenvalue weighted by Gasteiger charge is 2.30. The summed E-state index contributed by atoms with van der Waals surface area (Å²) in [4.78, 5) is 4.42. The molecule has 0 aliphatic rings. The van der Waals surface area contributed by atoms with Crippen molar-refractivity contribution < 1.29 is 9.26 Å². The standard InChI is InChI=1S/C14H19N3O2/c1-14(2,10-7-5-4-6-8-10)13-16-12(19-17-13)11(9-15)18-3/h4-8,11H,9,15H2,1-3H3. The molecule has 0 saturated carbocycles. The monoisotopic (exact) mass is 261 g/mol. The number of ether oxygens (including phenoxy) is 1. The van der Waals surface area contributed by atoms with E-state index in [0.717, 1.165) is 5.56 Å². The van der Waals surface area contributed by atoms with Gasteiger partial charge in [0.2, 0.25) is 0 Å². The number of methoxy groups -OCH3 is 1. The molecule has 19 heavy (non-hydrogen) atoms. The minimum atomic E-state index is -0.354. The van der Waals surface area contributed by atoms with Crippen LogP contribution in [0.4, 0.5) is 0 Å². The van der Waals surface area contributed by atoms with Crippen LogP contribution in [-0.2, 0) is 10.2 Å². The van der Waals surface area contributed by atoms with Gasteiger partial charge in [0.1, 0.15) is 6.10 Å². The molecule has 0 bridgehead atoms. The number of benzene rings is 1. The van der Waals surface area contributed by atoms with E-state index in [4.69, 9.17) is 15.0 Å². The van der Waals surface area contributed by atoms with Crippen molar-refractivity contribution in [3.63, 3.8) is 0 Å². The van der Waals surface area contributed by atoms with Crippen LogP contribution < -0.4 is 5.73 Å². The molecule has 0 spiro atoms. The SMILES string of the molecule is COC(CN)c1nc(C(C)(C)c2ccccc2)no1. The van der Waals surface area contributed by atoms with Gasteiger partial charge in [0.15, 0.2) is 5.82 Å². The van der Waals surface area contributed by atoms with E-state index in [1.165, 1.54) is 0 Å². The highest BCUT2D eigenvalue weighted by molar-refractivity contribution is 5.30. The zero-order chi connectivity index (χ0) is 13.9. The summed E-state index contributed by atoms with van der Waals surface area (Å²) < 4.78 is 10.4. The second-order valence-electron chi connectivity index (χ2n) is 4.91. The van der Waals surface area contributed by atoms with Crippen molar-refractivity contribution in [1.29, 1.82) is 0 Å². The fourth-order valence-corrected chi connectivity index (χ4v) is 1.90. The molecule has 0 saturated heterocycles. The van der Waals surface area contributed by atoms with E-state index in [1.54, 1.807) is 7.11 Å². The Bertz CT molecular complexity index is 518. The maximum atomic E-state index is 5.59. The fourth-order valence-electron chi connectivity index (χ4n) is 1.90. The minimum Gasteiger partial charge on any atom is -0.370 e. The number of rotatable bonds is 5. The van der Waals surface area contributed by atoms with Gasteiger partial charge in [-0.05, 0) is 19.4 Å². The van der Waals surface area contributed by atoms with E-state index in [1.807, 2.05) is 30.3 Å². The van der Waals surface area contributed by atoms with Gasteiger partial charge < -0.3 is 15.0 Å². The highest BCUT2D eigenvalue weighted by atomic mass is 16.5. The van der Waals surface area contributed by atoms with E-state index in [2.05, 4.69) is 24.0 Å². The molecular formula is C14H19N3O2. The van der Waals surface area contributed by atoms with E-state index >= 15 is 0 Å². The second-order valence-corrected chi connectivity index (χ2v) is 4.91. The highest BCUT2D eigenvalue weighted by Crippen LogP contribution is 2.29. The Morgan fingerprint density at radius 2 is 2.00 bits per heavy atom. The molecule has 1 aromatic carbocycles. The zero-order valence-corrected chi connectivity index (χ0v) is 11.5. The third-order valence-electron chi connectivity index (χ3n) is 3.27. The molecule has 0 radical (unpaired) electrons. The summed E-state index contributed by atoms with van der Waals surface area (Å²) in [5.41, 5.74) is 6.40. The Morgan fingerprint density at radius 1 is 1.32 bits per heavy atom. The average molecular weight is 261 g/mol. The van der Waals surface area contributed by atoms with Gasteiger partial charge in [-0.15, -0.1) is 0 Å². The van der Waals surface area contributed by atoms with Crippen LogP contribution in [0.3, 0.4) is 0 Å². The predicted octanol–water partition coefficient (Wildman–Crippen LogP) is 2.04. The summed E-state index contributed by atoms with van der Waals surface area (Å²) in [5.74, 6) is 1.05. The van der Waals surface area contributed by atoms with Gasteiger partial charge in [-0.1, -0.05) is 35.5 Å². The quantitative estimate of drug-likeness (QED) is 0.891. The first-order chi connectivity index (χ1) is 9.09. The third kappa shape index (κ3) is 2.67. The number of nitrogens with zero attached hydrogens (tertiary/aromatic N) is 2. The van der Waals surface area contributed by atoms with Gasteiger partial charge in [-0.25, -0.2) is 0 Å². The summed E-state index contributed by atoms with van der Waals surface area (Å²) in [6.45, 7) is 4.42. The molecule has 2 aromatic rings. The minimum absolute atomic E-state index is 0.309. The van der Waals surface area contributed by atoms with Crippen molar-refractivity contribution in [3.8, 4) is 0 Å². The molecule has 1 unspecified atom stereocenters. The number of aromatic nitrogens is 2. The van der Waals surface area contributed by atoms with E-state index < -0.39 is 0 Å². The summed E-state index contributed by atoms with van der Waals surface area (Å²) in [5, 5.41) is 4.06. The first kappa shape index (κ1) is 13.7. The molecule has 1 aromatic heterocycles. The molecule has 2 rings (SSSR count). The molecule has 1 heterocycles. The maximum Gasteiger partial charge on any atom is 0.257 e. The number of nitrogens with two attached hydrogens (primary N) is 1. The Hall–Kier alpha value is -1.72. The van der Waals surface area contributed by atoms with Gasteiger partial charge >= 0.3 is 0 Å². The number of hydrogen-bond acceptors (Lipinski definition) is 5. The van der Waals surface area contributed by atoms with Crippen LogP contribution >= 0.6 is 0 Å². The molecule has 5 heteroatoms. The predicted molar refractivity (Wildman–Crippen MR) is 71.7 cm³/mol. The first-order valence-corrected chi connectivity index (χ1v) is 6.22. The summed E-state index contributed by atoms with van der Waals surface area (Å²) >= 11 is 0. The lowest BCUT2D eigenvalue weighted by Crippen LogP contribution is -2.21. The Kier molecular flexibility index (Phi) is 3.97. The molecular weight excluding hydrogens is 242 g/mol. The van der Waals surface area contributed by atoms with E-state index in [9.17, 15) is 0 Å². The van der Waals surface area contributed by atoms with Crippen molar-refractivity contribution >= 4 is 0 Å². The van der Waals surface area contributed by atoms with Crippen molar-refractivity contribution in [2.24, 2.45) is 5.73 Å². The first-order valence-electron chi connectivity index (χ1n) is 6.22. The molecule has 102 valence electrons. The lowest BCUT2D eigenvalue weighted by molar-refractivity contribution is 0.0803. The molecule has 0 fully saturated rings. The molecule has 2 N–H and O–H groups in total. The zero-order valence-electron chi connectivity index (χ0n) is 11.5. The summed E-state index contributed by atoms with van der Waals surface area (Å²) in [7, 11) is 1.57. The largest absolute Gasteiger partial charge is 0.370 e. The topological polar surface area (TPSA) is 74.2 Å². The van der Waals surface area contributed by atoms with Gasteiger partial charge in [0.05, 0.1) is 5.41 Å². The third-order valence-corrected chi connectivity index (χ3v) is 3.27. The second kappa shape index (κ2) is 5.50. The summed E-state index contributed by atoms with van der Waals surface area (Å²) in [6, 6.07) is 10.1. The lowest BCUT2D eigenvalue weighted by atomic mass is 9.84. The van der Waals surface area contributed by atoms with Crippen molar-refractivity contribution in [2.75, 3.05) is 13.7 Å². The maximum absolute atomic E-state index is 5.59. The van der Waals surface area contributed by atoms with Crippen LogP contribution in [0.5, 0.6) is 0 Å². The van der Waals surface area contributed by atoms with Gasteiger partial charge in [-0.2, -0.15) is 4.98 Å². The fraction of sp³-hybridized carbons (Fsp3) is 0.429. The van der Waals surface area contributed by atoms with Gasteiger partial charge in [-0.3, -0.25) is 0 Å². The van der Waals surface area contributed by atoms with Crippen molar-refractivity contribution in [2.45, 2.75) is 25.4 Å². The molecule has 0 amide bonds. The van der Waals surface area contributed by atoms with Gasteiger partial charge in [0.25, 0.3) is 5.89 Å². The molecule has 0 aliphatic heterocycles. The Morgan fingerprint density at radius 3 is 2.58 bits per heavy atom. The van der Waals surface area contributed by atoms with E-state index in [-0.39, 0.29) is 11.5 Å². The average Bonchev–Trinajstić information content (AvgIpc) is 2.92. The molecule has 0 aliphatic carbocycles. The van der Waals surface area contributed by atoms with Crippen LogP contribution in [0.25, 0.3) is 0 Å². The molecule has 1 atom stereocenters. The van der Waals surface area contributed by atoms with Crippen LogP contribution in [0.1, 0.15) is 37.2 Å². The smallest absolute Gasteiger partial charge is 0.257 e. The number of hydrogen-bond donors (Lipinski definition) is 1. The van der Waals surface area contributed by atoms with Crippen LogP contribution in [0, 0.1) is 0 Å². The van der Waals surface area contributed by atoms with Crippen LogP contribution in [0.15, 0.2) is 34.9 Å². The van der Waals surface area contributed by atoms with Crippen LogP contribution in [0.2, 0.25) is 0 Å². The van der Waals surface area contributed by atoms with E-state index in [0.29, 0.717) is 18.3 Å².